The van der Waals surface area contributed by atoms with Gasteiger partial charge in [-0.05, 0) is 26.3 Å². The molecule has 2 rings (SSSR count). The minimum Gasteiger partial charge on any atom is -0.351 e. The van der Waals surface area contributed by atoms with Crippen molar-refractivity contribution in [1.29, 1.82) is 0 Å². The summed E-state index contributed by atoms with van der Waals surface area (Å²) in [5.41, 5.74) is 1.23. The zero-order valence-corrected chi connectivity index (χ0v) is 10.7. The van der Waals surface area contributed by atoms with Crippen LogP contribution in [0.15, 0.2) is 30.3 Å². The quantitative estimate of drug-likeness (QED) is 0.806. The Kier molecular flexibility index (Phi) is 3.20. The second-order valence-electron chi connectivity index (χ2n) is 5.54. The van der Waals surface area contributed by atoms with Gasteiger partial charge in [-0.15, -0.1) is 0 Å². The van der Waals surface area contributed by atoms with Gasteiger partial charge in [-0.3, -0.25) is 9.69 Å². The molecular formula is C14H20N2O. The van der Waals surface area contributed by atoms with Gasteiger partial charge in [-0.25, -0.2) is 0 Å². The van der Waals surface area contributed by atoms with E-state index in [4.69, 9.17) is 0 Å². The van der Waals surface area contributed by atoms with Gasteiger partial charge in [0, 0.05) is 18.6 Å². The Labute approximate surface area is 103 Å². The maximum absolute atomic E-state index is 11.9. The molecule has 1 aliphatic heterocycles. The Hall–Kier alpha value is -1.35. The second kappa shape index (κ2) is 4.49. The van der Waals surface area contributed by atoms with Gasteiger partial charge in [0.2, 0.25) is 5.91 Å². The van der Waals surface area contributed by atoms with Crippen LogP contribution in [0.4, 0.5) is 0 Å². The summed E-state index contributed by atoms with van der Waals surface area (Å²) in [6.07, 6.45) is 0. The van der Waals surface area contributed by atoms with Crippen LogP contribution >= 0.6 is 0 Å². The van der Waals surface area contributed by atoms with Gasteiger partial charge in [-0.1, -0.05) is 30.3 Å². The summed E-state index contributed by atoms with van der Waals surface area (Å²) in [6.45, 7) is 7.91. The summed E-state index contributed by atoms with van der Waals surface area (Å²) in [6, 6.07) is 10.1. The molecule has 1 saturated heterocycles. The van der Waals surface area contributed by atoms with Crippen LogP contribution in [0.5, 0.6) is 0 Å². The van der Waals surface area contributed by atoms with Crippen molar-refractivity contribution in [3.63, 3.8) is 0 Å². The molecule has 0 aromatic heterocycles. The maximum Gasteiger partial charge on any atom is 0.238 e. The summed E-state index contributed by atoms with van der Waals surface area (Å²) in [7, 11) is 0. The predicted octanol–water partition coefficient (Wildman–Crippen LogP) is 1.79. The number of carbonyl (C=O) groups excluding carboxylic acids is 1. The molecule has 17 heavy (non-hydrogen) atoms. The average Bonchev–Trinajstić information content (AvgIpc) is 3.06. The first-order chi connectivity index (χ1) is 7.98. The number of hydrogen-bond donors (Lipinski definition) is 1. The molecule has 2 unspecified atom stereocenters. The van der Waals surface area contributed by atoms with Crippen molar-refractivity contribution in [3.05, 3.63) is 35.9 Å². The van der Waals surface area contributed by atoms with E-state index in [0.717, 1.165) is 12.1 Å². The van der Waals surface area contributed by atoms with Crippen molar-refractivity contribution < 1.29 is 4.79 Å². The number of nitrogens with one attached hydrogen (secondary N) is 1. The molecule has 1 amide bonds. The third-order valence-corrected chi connectivity index (χ3v) is 3.09. The Bertz CT molecular complexity index is 394. The molecular weight excluding hydrogens is 212 g/mol. The van der Waals surface area contributed by atoms with E-state index >= 15 is 0 Å². The average molecular weight is 232 g/mol. The van der Waals surface area contributed by atoms with Crippen LogP contribution in [0.25, 0.3) is 0 Å². The fourth-order valence-electron chi connectivity index (χ4n) is 2.01. The van der Waals surface area contributed by atoms with Crippen LogP contribution in [0.1, 0.15) is 26.3 Å². The van der Waals surface area contributed by atoms with E-state index in [1.54, 1.807) is 0 Å². The second-order valence-corrected chi connectivity index (χ2v) is 5.54. The molecule has 1 fully saturated rings. The first-order valence-corrected chi connectivity index (χ1v) is 6.07. The van der Waals surface area contributed by atoms with Gasteiger partial charge < -0.3 is 5.32 Å². The van der Waals surface area contributed by atoms with Gasteiger partial charge >= 0.3 is 0 Å². The summed E-state index contributed by atoms with van der Waals surface area (Å²) in [5.74, 6) is 0.142. The predicted molar refractivity (Wildman–Crippen MR) is 68.5 cm³/mol. The van der Waals surface area contributed by atoms with E-state index in [-0.39, 0.29) is 17.5 Å². The van der Waals surface area contributed by atoms with Crippen molar-refractivity contribution >= 4 is 5.91 Å². The molecule has 3 heteroatoms. The lowest BCUT2D eigenvalue weighted by atomic mass is 10.1. The van der Waals surface area contributed by atoms with E-state index < -0.39 is 0 Å². The van der Waals surface area contributed by atoms with E-state index in [1.807, 2.05) is 30.3 Å². The largest absolute Gasteiger partial charge is 0.351 e. The molecule has 1 aromatic carbocycles. The highest BCUT2D eigenvalue weighted by Gasteiger charge is 2.46. The maximum atomic E-state index is 11.9. The fraction of sp³-hybridized carbons (Fsp3) is 0.500. The number of rotatable bonds is 3. The lowest BCUT2D eigenvalue weighted by Crippen LogP contribution is -2.35. The molecule has 0 aliphatic carbocycles. The number of nitrogens with zero attached hydrogens (tertiary/aromatic N) is 1. The third-order valence-electron chi connectivity index (χ3n) is 3.09. The molecule has 1 aromatic rings. The molecule has 0 bridgehead atoms. The van der Waals surface area contributed by atoms with E-state index in [2.05, 4.69) is 31.0 Å². The normalized spacial score (nSPS) is 23.2. The smallest absolute Gasteiger partial charge is 0.238 e. The minimum absolute atomic E-state index is 0.0683. The summed E-state index contributed by atoms with van der Waals surface area (Å²) in [4.78, 5) is 14.1. The Morgan fingerprint density at radius 1 is 1.35 bits per heavy atom. The Balaban J connectivity index is 1.80. The molecule has 0 spiro atoms. The molecule has 3 nitrogen and oxygen atoms in total. The lowest BCUT2D eigenvalue weighted by molar-refractivity contribution is -0.121. The highest BCUT2D eigenvalue weighted by molar-refractivity contribution is 5.84. The third kappa shape index (κ3) is 3.07. The van der Waals surface area contributed by atoms with Gasteiger partial charge in [-0.2, -0.15) is 0 Å². The molecule has 1 aliphatic rings. The molecule has 0 saturated carbocycles. The topological polar surface area (TPSA) is 32.1 Å². The number of benzene rings is 1. The zero-order valence-electron chi connectivity index (χ0n) is 10.7. The van der Waals surface area contributed by atoms with Gasteiger partial charge in [0.05, 0.1) is 0 Å². The molecule has 1 heterocycles. The van der Waals surface area contributed by atoms with Gasteiger partial charge in [0.15, 0.2) is 0 Å². The van der Waals surface area contributed by atoms with Crippen molar-refractivity contribution in [3.8, 4) is 0 Å². The van der Waals surface area contributed by atoms with Gasteiger partial charge in [0.1, 0.15) is 6.04 Å². The van der Waals surface area contributed by atoms with Crippen LogP contribution in [-0.2, 0) is 11.3 Å². The lowest BCUT2D eigenvalue weighted by Gasteiger charge is -2.21. The zero-order chi connectivity index (χ0) is 12.5. The summed E-state index contributed by atoms with van der Waals surface area (Å²) >= 11 is 0. The van der Waals surface area contributed by atoms with Crippen molar-refractivity contribution in [1.82, 2.24) is 10.2 Å². The molecule has 92 valence electrons. The highest BCUT2D eigenvalue weighted by atomic mass is 16.2. The van der Waals surface area contributed by atoms with Crippen LogP contribution in [0.2, 0.25) is 0 Å². The van der Waals surface area contributed by atoms with E-state index in [1.165, 1.54) is 0 Å². The van der Waals surface area contributed by atoms with E-state index in [9.17, 15) is 4.79 Å². The Morgan fingerprint density at radius 2 is 2.00 bits per heavy atom. The molecule has 0 radical (unpaired) electrons. The van der Waals surface area contributed by atoms with Crippen LogP contribution in [0, 0.1) is 0 Å². The number of amides is 1. The summed E-state index contributed by atoms with van der Waals surface area (Å²) in [5, 5.41) is 2.98. The molecule has 1 N–H and O–H groups in total. The standard InChI is InChI=1S/C14H20N2O/c1-14(2,3)16-10-12(16)13(17)15-9-11-7-5-4-6-8-11/h4-8,12H,9-10H2,1-3H3,(H,15,17). The Morgan fingerprint density at radius 3 is 2.53 bits per heavy atom. The SMILES string of the molecule is CC(C)(C)N1CC1C(=O)NCc1ccccc1. The fourth-order valence-corrected chi connectivity index (χ4v) is 2.01. The summed E-state index contributed by atoms with van der Waals surface area (Å²) < 4.78 is 0. The van der Waals surface area contributed by atoms with Crippen molar-refractivity contribution in [2.75, 3.05) is 6.54 Å². The van der Waals surface area contributed by atoms with Crippen molar-refractivity contribution in [2.45, 2.75) is 38.9 Å². The van der Waals surface area contributed by atoms with Crippen LogP contribution in [-0.4, -0.2) is 28.9 Å². The van der Waals surface area contributed by atoms with Crippen LogP contribution in [0.3, 0.4) is 0 Å². The minimum atomic E-state index is 0.0683. The monoisotopic (exact) mass is 232 g/mol. The first-order valence-electron chi connectivity index (χ1n) is 6.07. The number of carbonyl (C=O) groups is 1. The molecule has 2 atom stereocenters. The van der Waals surface area contributed by atoms with Crippen LogP contribution < -0.4 is 5.32 Å². The highest BCUT2D eigenvalue weighted by Crippen LogP contribution is 2.28. The van der Waals surface area contributed by atoms with E-state index in [0.29, 0.717) is 6.54 Å². The first kappa shape index (κ1) is 12.1. The van der Waals surface area contributed by atoms with Crippen molar-refractivity contribution in [2.24, 2.45) is 0 Å². The van der Waals surface area contributed by atoms with Gasteiger partial charge in [0.25, 0.3) is 0 Å². The number of hydrogen-bond acceptors (Lipinski definition) is 2.